The lowest BCUT2D eigenvalue weighted by atomic mass is 10.1. The van der Waals surface area contributed by atoms with E-state index in [1.54, 1.807) is 28.0 Å². The van der Waals surface area contributed by atoms with Crippen LogP contribution in [-0.4, -0.2) is 42.1 Å². The molecule has 0 aromatic carbocycles. The molecule has 0 aliphatic carbocycles. The molecule has 0 unspecified atom stereocenters. The van der Waals surface area contributed by atoms with Crippen molar-refractivity contribution in [3.05, 3.63) is 63.7 Å². The fraction of sp³-hybridized carbons (Fsp3) is 0.381. The first-order chi connectivity index (χ1) is 13.9. The summed E-state index contributed by atoms with van der Waals surface area (Å²) >= 11 is 0. The summed E-state index contributed by atoms with van der Waals surface area (Å²) in [6.45, 7) is 6.75. The number of aryl methyl sites for hydroxylation is 1. The molecule has 0 bridgehead atoms. The normalized spacial score (nSPS) is 16.4. The van der Waals surface area contributed by atoms with E-state index in [1.165, 1.54) is 6.07 Å². The van der Waals surface area contributed by atoms with Crippen LogP contribution < -0.4 is 5.56 Å². The van der Waals surface area contributed by atoms with Crippen LogP contribution in [0.3, 0.4) is 0 Å². The molecule has 8 heteroatoms. The second-order valence-corrected chi connectivity index (χ2v) is 7.46. The Bertz CT molecular complexity index is 1100. The molecule has 3 aromatic rings. The van der Waals surface area contributed by atoms with Gasteiger partial charge < -0.3 is 9.88 Å². The zero-order chi connectivity index (χ0) is 20.5. The molecule has 4 rings (SSSR count). The quantitative estimate of drug-likeness (QED) is 0.735. The van der Waals surface area contributed by atoms with Gasteiger partial charge in [-0.25, -0.2) is 4.98 Å². The number of aromatic amines is 1. The molecule has 0 saturated carbocycles. The number of rotatable bonds is 4. The minimum atomic E-state index is -0.245. The van der Waals surface area contributed by atoms with E-state index in [-0.39, 0.29) is 24.1 Å². The van der Waals surface area contributed by atoms with Crippen LogP contribution in [0.1, 0.15) is 41.7 Å². The van der Waals surface area contributed by atoms with Crippen molar-refractivity contribution >= 4 is 5.91 Å². The Morgan fingerprint density at radius 1 is 1.31 bits per heavy atom. The van der Waals surface area contributed by atoms with E-state index in [0.29, 0.717) is 18.1 Å². The number of hydrogen-bond donors (Lipinski definition) is 1. The maximum atomic E-state index is 13.0. The minimum Gasteiger partial charge on any atom is -0.331 e. The van der Waals surface area contributed by atoms with E-state index in [2.05, 4.69) is 20.1 Å². The smallest absolute Gasteiger partial charge is 0.251 e. The van der Waals surface area contributed by atoms with E-state index in [9.17, 15) is 9.59 Å². The average molecular weight is 392 g/mol. The van der Waals surface area contributed by atoms with Crippen molar-refractivity contribution < 1.29 is 4.79 Å². The number of pyridine rings is 1. The van der Waals surface area contributed by atoms with E-state index in [0.717, 1.165) is 35.4 Å². The number of carbonyl (C=O) groups is 1. The van der Waals surface area contributed by atoms with Crippen LogP contribution >= 0.6 is 0 Å². The molecule has 1 saturated heterocycles. The van der Waals surface area contributed by atoms with Gasteiger partial charge in [-0.1, -0.05) is 0 Å². The highest BCUT2D eigenvalue weighted by atomic mass is 16.2. The molecule has 29 heavy (non-hydrogen) atoms. The summed E-state index contributed by atoms with van der Waals surface area (Å²) in [5, 5.41) is 4.48. The van der Waals surface area contributed by atoms with Crippen LogP contribution in [0.25, 0.3) is 11.3 Å². The number of nitrogens with one attached hydrogen (secondary N) is 1. The molecule has 4 heterocycles. The molecule has 1 amide bonds. The Balaban J connectivity index is 1.61. The molecular weight excluding hydrogens is 368 g/mol. The second-order valence-electron chi connectivity index (χ2n) is 7.46. The van der Waals surface area contributed by atoms with Crippen molar-refractivity contribution in [2.45, 2.75) is 46.2 Å². The van der Waals surface area contributed by atoms with Gasteiger partial charge in [-0.15, -0.1) is 0 Å². The summed E-state index contributed by atoms with van der Waals surface area (Å²) in [6, 6.07) is 4.88. The van der Waals surface area contributed by atoms with E-state index >= 15 is 0 Å². The fourth-order valence-corrected chi connectivity index (χ4v) is 3.81. The highest BCUT2D eigenvalue weighted by molar-refractivity contribution is 5.76. The van der Waals surface area contributed by atoms with Crippen LogP contribution in [0.4, 0.5) is 0 Å². The van der Waals surface area contributed by atoms with Gasteiger partial charge in [0.25, 0.3) is 5.56 Å². The van der Waals surface area contributed by atoms with Crippen molar-refractivity contribution in [2.24, 2.45) is 0 Å². The van der Waals surface area contributed by atoms with Crippen LogP contribution in [-0.2, 0) is 11.3 Å². The van der Waals surface area contributed by atoms with Gasteiger partial charge in [0.2, 0.25) is 5.91 Å². The first-order valence-electron chi connectivity index (χ1n) is 9.76. The van der Waals surface area contributed by atoms with Crippen molar-refractivity contribution in [3.63, 3.8) is 0 Å². The second kappa shape index (κ2) is 7.62. The third-order valence-corrected chi connectivity index (χ3v) is 5.63. The summed E-state index contributed by atoms with van der Waals surface area (Å²) < 4.78 is 1.75. The van der Waals surface area contributed by atoms with Gasteiger partial charge in [0, 0.05) is 36.3 Å². The lowest BCUT2D eigenvalue weighted by molar-refractivity contribution is -0.133. The number of amides is 1. The average Bonchev–Trinajstić information content (AvgIpc) is 3.30. The standard InChI is InChI=1S/C21H24N6O2/c1-13-14(2)25-27(15(13)3)12-20(29)26-9-5-7-18(26)21-23-17(10-19(28)24-21)16-6-4-8-22-11-16/h4,6,8,10-11,18H,5,7,9,12H2,1-3H3,(H,23,24,28)/t18-/m0/s1. The maximum Gasteiger partial charge on any atom is 0.251 e. The summed E-state index contributed by atoms with van der Waals surface area (Å²) in [5.74, 6) is 0.499. The molecule has 8 nitrogen and oxygen atoms in total. The molecule has 150 valence electrons. The number of nitrogens with zero attached hydrogens (tertiary/aromatic N) is 5. The van der Waals surface area contributed by atoms with Gasteiger partial charge in [-0.2, -0.15) is 5.10 Å². The van der Waals surface area contributed by atoms with Gasteiger partial charge in [0.05, 0.1) is 17.4 Å². The fourth-order valence-electron chi connectivity index (χ4n) is 3.81. The van der Waals surface area contributed by atoms with Gasteiger partial charge in [-0.05, 0) is 51.3 Å². The molecule has 1 N–H and O–H groups in total. The van der Waals surface area contributed by atoms with Gasteiger partial charge in [0.1, 0.15) is 12.4 Å². The Labute approximate surface area is 168 Å². The summed E-state index contributed by atoms with van der Waals surface area (Å²) in [5.41, 5.74) is 4.13. The minimum absolute atomic E-state index is 0.0208. The summed E-state index contributed by atoms with van der Waals surface area (Å²) in [7, 11) is 0. The Morgan fingerprint density at radius 2 is 2.14 bits per heavy atom. The van der Waals surface area contributed by atoms with Crippen LogP contribution in [0.2, 0.25) is 0 Å². The van der Waals surface area contributed by atoms with Gasteiger partial charge >= 0.3 is 0 Å². The molecule has 3 aromatic heterocycles. The van der Waals surface area contributed by atoms with Crippen molar-refractivity contribution in [3.8, 4) is 11.3 Å². The summed E-state index contributed by atoms with van der Waals surface area (Å²) in [4.78, 5) is 38.7. The van der Waals surface area contributed by atoms with Crippen molar-refractivity contribution in [1.82, 2.24) is 29.6 Å². The Morgan fingerprint density at radius 3 is 2.83 bits per heavy atom. The molecule has 0 radical (unpaired) electrons. The number of carbonyl (C=O) groups excluding carboxylic acids is 1. The number of hydrogen-bond acceptors (Lipinski definition) is 5. The molecule has 1 aliphatic heterocycles. The van der Waals surface area contributed by atoms with Crippen LogP contribution in [0.5, 0.6) is 0 Å². The Hall–Kier alpha value is -3.29. The van der Waals surface area contributed by atoms with Crippen LogP contribution in [0.15, 0.2) is 35.4 Å². The van der Waals surface area contributed by atoms with Gasteiger partial charge in [0.15, 0.2) is 0 Å². The summed E-state index contributed by atoms with van der Waals surface area (Å²) in [6.07, 6.45) is 4.98. The zero-order valence-corrected chi connectivity index (χ0v) is 16.8. The zero-order valence-electron chi connectivity index (χ0n) is 16.8. The molecule has 1 aliphatic rings. The highest BCUT2D eigenvalue weighted by Gasteiger charge is 2.32. The predicted octanol–water partition coefficient (Wildman–Crippen LogP) is 2.32. The van der Waals surface area contributed by atoms with E-state index in [4.69, 9.17) is 0 Å². The van der Waals surface area contributed by atoms with Crippen molar-refractivity contribution in [2.75, 3.05) is 6.54 Å². The Kier molecular flexibility index (Phi) is 5.00. The molecule has 1 atom stereocenters. The van der Waals surface area contributed by atoms with E-state index in [1.807, 2.05) is 26.8 Å². The number of likely N-dealkylation sites (tertiary alicyclic amines) is 1. The predicted molar refractivity (Wildman–Crippen MR) is 108 cm³/mol. The third-order valence-electron chi connectivity index (χ3n) is 5.63. The lowest BCUT2D eigenvalue weighted by Gasteiger charge is -2.24. The first-order valence-corrected chi connectivity index (χ1v) is 9.76. The maximum absolute atomic E-state index is 13.0. The molecular formula is C21H24N6O2. The molecule has 0 spiro atoms. The highest BCUT2D eigenvalue weighted by Crippen LogP contribution is 2.30. The number of aromatic nitrogens is 5. The van der Waals surface area contributed by atoms with Gasteiger partial charge in [-0.3, -0.25) is 19.3 Å². The van der Waals surface area contributed by atoms with Crippen molar-refractivity contribution in [1.29, 1.82) is 0 Å². The monoisotopic (exact) mass is 392 g/mol. The third kappa shape index (κ3) is 3.70. The SMILES string of the molecule is Cc1nn(CC(=O)N2CCC[C@H]2c2nc(-c3cccnc3)cc(=O)[nH]2)c(C)c1C. The molecule has 1 fully saturated rings. The van der Waals surface area contributed by atoms with E-state index < -0.39 is 0 Å². The van der Waals surface area contributed by atoms with Crippen LogP contribution in [0, 0.1) is 20.8 Å². The first kappa shape index (κ1) is 19.0. The topological polar surface area (TPSA) is 96.8 Å². The largest absolute Gasteiger partial charge is 0.331 e. The number of H-pyrrole nitrogens is 1. The lowest BCUT2D eigenvalue weighted by Crippen LogP contribution is -2.35.